The van der Waals surface area contributed by atoms with Crippen LogP contribution in [0.15, 0.2) is 16.6 Å². The smallest absolute Gasteiger partial charge is 0.148 e. The lowest BCUT2D eigenvalue weighted by Crippen LogP contribution is -2.44. The fraction of sp³-hybridized carbons (Fsp3) is 0.500. The van der Waals surface area contributed by atoms with E-state index in [1.165, 1.54) is 0 Å². The van der Waals surface area contributed by atoms with Crippen molar-refractivity contribution in [2.24, 2.45) is 0 Å². The van der Waals surface area contributed by atoms with Crippen LogP contribution in [0.5, 0.6) is 0 Å². The van der Waals surface area contributed by atoms with Crippen molar-refractivity contribution in [3.8, 4) is 0 Å². The van der Waals surface area contributed by atoms with Crippen molar-refractivity contribution >= 4 is 27.5 Å². The number of aliphatic hydroxyl groups excluding tert-OH is 1. The number of aliphatic hydroxyl groups is 1. The third kappa shape index (κ3) is 2.81. The maximum absolute atomic E-state index is 14.0. The average molecular weight is 325 g/mol. The number of rotatable bonds is 3. The molecule has 0 amide bonds. The zero-order valence-electron chi connectivity index (χ0n) is 10.3. The van der Waals surface area contributed by atoms with E-state index >= 15 is 0 Å². The molecule has 0 heterocycles. The molecule has 0 saturated heterocycles. The second-order valence-electron chi connectivity index (χ2n) is 4.72. The lowest BCUT2D eigenvalue weighted by atomic mass is 9.90. The quantitative estimate of drug-likeness (QED) is 0.859. The van der Waals surface area contributed by atoms with Gasteiger partial charge in [-0.15, -0.1) is 0 Å². The minimum absolute atomic E-state index is 0.00361. The third-order valence-corrected chi connectivity index (χ3v) is 4.44. The summed E-state index contributed by atoms with van der Waals surface area (Å²) in [6, 6.07) is 3.18. The normalized spacial score (nSPS) is 14.2. The molecule has 0 saturated carbocycles. The highest BCUT2D eigenvalue weighted by molar-refractivity contribution is 9.10. The Hall–Kier alpha value is -0.160. The standard InChI is InChI=1S/C12H16BrClFNO/c1-12(2,16(3)4)11(17)7-5-6-8(13)9(14)10(7)15/h5-6,11,17H,1-4H3. The van der Waals surface area contributed by atoms with Crippen LogP contribution in [-0.4, -0.2) is 29.6 Å². The monoisotopic (exact) mass is 323 g/mol. The van der Waals surface area contributed by atoms with E-state index in [1.807, 2.05) is 32.8 Å². The molecule has 5 heteroatoms. The summed E-state index contributed by atoms with van der Waals surface area (Å²) >= 11 is 8.95. The lowest BCUT2D eigenvalue weighted by molar-refractivity contribution is 0.0142. The number of benzene rings is 1. The minimum Gasteiger partial charge on any atom is -0.386 e. The van der Waals surface area contributed by atoms with Gasteiger partial charge in [-0.25, -0.2) is 4.39 Å². The zero-order valence-corrected chi connectivity index (χ0v) is 12.6. The molecule has 0 aromatic heterocycles. The van der Waals surface area contributed by atoms with Gasteiger partial charge in [-0.3, -0.25) is 0 Å². The van der Waals surface area contributed by atoms with Gasteiger partial charge in [0, 0.05) is 15.6 Å². The first-order chi connectivity index (χ1) is 7.69. The van der Waals surface area contributed by atoms with Crippen LogP contribution in [0.25, 0.3) is 0 Å². The Balaban J connectivity index is 3.22. The first-order valence-corrected chi connectivity index (χ1v) is 6.35. The van der Waals surface area contributed by atoms with Gasteiger partial charge >= 0.3 is 0 Å². The fourth-order valence-electron chi connectivity index (χ4n) is 1.38. The van der Waals surface area contributed by atoms with E-state index in [2.05, 4.69) is 15.9 Å². The van der Waals surface area contributed by atoms with Crippen LogP contribution in [0.1, 0.15) is 25.5 Å². The highest BCUT2D eigenvalue weighted by atomic mass is 79.9. The summed E-state index contributed by atoms with van der Waals surface area (Å²) in [5.41, 5.74) is -0.380. The van der Waals surface area contributed by atoms with E-state index in [-0.39, 0.29) is 10.6 Å². The maximum Gasteiger partial charge on any atom is 0.148 e. The first kappa shape index (κ1) is 14.9. The van der Waals surface area contributed by atoms with Crippen molar-refractivity contribution in [1.29, 1.82) is 0 Å². The molecule has 0 aliphatic rings. The molecule has 1 aromatic carbocycles. The van der Waals surface area contributed by atoms with Crippen LogP contribution < -0.4 is 0 Å². The van der Waals surface area contributed by atoms with Crippen LogP contribution in [0.3, 0.4) is 0 Å². The van der Waals surface area contributed by atoms with Crippen molar-refractivity contribution in [2.45, 2.75) is 25.5 Å². The zero-order chi connectivity index (χ0) is 13.4. The summed E-state index contributed by atoms with van der Waals surface area (Å²) in [5, 5.41) is 10.3. The molecule has 1 aromatic rings. The van der Waals surface area contributed by atoms with Crippen molar-refractivity contribution < 1.29 is 9.50 Å². The summed E-state index contributed by atoms with van der Waals surface area (Å²) in [6.07, 6.45) is -0.955. The van der Waals surface area contributed by atoms with Crippen LogP contribution >= 0.6 is 27.5 Å². The molecule has 1 atom stereocenters. The van der Waals surface area contributed by atoms with Crippen LogP contribution in [-0.2, 0) is 0 Å². The average Bonchev–Trinajstić information content (AvgIpc) is 2.25. The lowest BCUT2D eigenvalue weighted by Gasteiger charge is -2.37. The summed E-state index contributed by atoms with van der Waals surface area (Å²) < 4.78 is 14.4. The molecule has 0 radical (unpaired) electrons. The molecule has 96 valence electrons. The Morgan fingerprint density at radius 3 is 2.41 bits per heavy atom. The van der Waals surface area contributed by atoms with E-state index in [0.717, 1.165) is 0 Å². The Kier molecular flexibility index (Phi) is 4.58. The molecule has 1 N–H and O–H groups in total. The summed E-state index contributed by atoms with van der Waals surface area (Å²) in [6.45, 7) is 3.68. The van der Waals surface area contributed by atoms with Gasteiger partial charge in [-0.1, -0.05) is 17.7 Å². The maximum atomic E-state index is 14.0. The summed E-state index contributed by atoms with van der Waals surface area (Å²) in [7, 11) is 3.67. The highest BCUT2D eigenvalue weighted by Crippen LogP contribution is 2.35. The van der Waals surface area contributed by atoms with Gasteiger partial charge in [-0.2, -0.15) is 0 Å². The van der Waals surface area contributed by atoms with Crippen molar-refractivity contribution in [3.63, 3.8) is 0 Å². The largest absolute Gasteiger partial charge is 0.386 e. The Morgan fingerprint density at radius 1 is 1.41 bits per heavy atom. The second kappa shape index (κ2) is 5.22. The molecule has 0 spiro atoms. The first-order valence-electron chi connectivity index (χ1n) is 5.18. The Labute approximate surface area is 115 Å². The van der Waals surface area contributed by atoms with Gasteiger partial charge in [0.15, 0.2) is 0 Å². The summed E-state index contributed by atoms with van der Waals surface area (Å²) in [5.74, 6) is -0.580. The second-order valence-corrected chi connectivity index (χ2v) is 5.95. The van der Waals surface area contributed by atoms with Gasteiger partial charge in [0.1, 0.15) is 5.82 Å². The molecule has 0 aliphatic heterocycles. The minimum atomic E-state index is -0.955. The molecular weight excluding hydrogens is 308 g/mol. The fourth-order valence-corrected chi connectivity index (χ4v) is 1.86. The predicted molar refractivity (Wildman–Crippen MR) is 71.8 cm³/mol. The molecular formula is C12H16BrClFNO. The number of hydrogen-bond acceptors (Lipinski definition) is 2. The molecule has 1 rings (SSSR count). The van der Waals surface area contributed by atoms with E-state index < -0.39 is 17.5 Å². The SMILES string of the molecule is CN(C)C(C)(C)C(O)c1ccc(Br)c(Cl)c1F. The molecule has 2 nitrogen and oxygen atoms in total. The van der Waals surface area contributed by atoms with Crippen molar-refractivity contribution in [1.82, 2.24) is 4.90 Å². The molecule has 1 unspecified atom stereocenters. The number of hydrogen-bond donors (Lipinski definition) is 1. The Morgan fingerprint density at radius 2 is 1.94 bits per heavy atom. The topological polar surface area (TPSA) is 23.5 Å². The van der Waals surface area contributed by atoms with Crippen molar-refractivity contribution in [3.05, 3.63) is 33.0 Å². The van der Waals surface area contributed by atoms with Crippen LogP contribution in [0, 0.1) is 5.82 Å². The molecule has 17 heavy (non-hydrogen) atoms. The van der Waals surface area contributed by atoms with E-state index in [9.17, 15) is 9.50 Å². The van der Waals surface area contributed by atoms with Gasteiger partial charge in [0.05, 0.1) is 11.1 Å². The number of nitrogens with zero attached hydrogens (tertiary/aromatic N) is 1. The number of halogens is 3. The van der Waals surface area contributed by atoms with Gasteiger partial charge in [-0.05, 0) is 49.9 Å². The molecule has 0 fully saturated rings. The van der Waals surface area contributed by atoms with Crippen LogP contribution in [0.2, 0.25) is 5.02 Å². The van der Waals surface area contributed by atoms with E-state index in [1.54, 1.807) is 12.1 Å². The number of likely N-dealkylation sites (N-methyl/N-ethyl adjacent to an activating group) is 1. The van der Waals surface area contributed by atoms with E-state index in [0.29, 0.717) is 4.47 Å². The van der Waals surface area contributed by atoms with Gasteiger partial charge < -0.3 is 10.0 Å². The third-order valence-electron chi connectivity index (χ3n) is 3.18. The van der Waals surface area contributed by atoms with Gasteiger partial charge in [0.25, 0.3) is 0 Å². The molecule has 0 aliphatic carbocycles. The Bertz CT molecular complexity index is 423. The summed E-state index contributed by atoms with van der Waals surface area (Å²) in [4.78, 5) is 1.84. The van der Waals surface area contributed by atoms with E-state index in [4.69, 9.17) is 11.6 Å². The molecule has 0 bridgehead atoms. The van der Waals surface area contributed by atoms with Crippen molar-refractivity contribution in [2.75, 3.05) is 14.1 Å². The van der Waals surface area contributed by atoms with Gasteiger partial charge in [0.2, 0.25) is 0 Å². The predicted octanol–water partition coefficient (Wildman–Crippen LogP) is 3.62. The van der Waals surface area contributed by atoms with Crippen LogP contribution in [0.4, 0.5) is 4.39 Å². The highest BCUT2D eigenvalue weighted by Gasteiger charge is 2.33.